The number of carbonyl (C=O) groups excluding carboxylic acids is 1. The molecule has 1 aromatic rings. The Balaban J connectivity index is 3.31. The van der Waals surface area contributed by atoms with Crippen molar-refractivity contribution in [3.05, 3.63) is 23.3 Å². The number of hydrogen-bond donors (Lipinski definition) is 1. The highest BCUT2D eigenvalue weighted by molar-refractivity contribution is 5.81. The van der Waals surface area contributed by atoms with Crippen LogP contribution in [0.5, 0.6) is 11.5 Å². The van der Waals surface area contributed by atoms with Gasteiger partial charge in [0.1, 0.15) is 0 Å². The monoisotopic (exact) mass is 195 g/mol. The predicted octanol–water partition coefficient (Wildman–Crippen LogP) is 0.975. The Labute approximate surface area is 82.6 Å². The molecule has 0 spiro atoms. The highest BCUT2D eigenvalue weighted by Gasteiger charge is 2.10. The van der Waals surface area contributed by atoms with Crippen molar-refractivity contribution in [1.29, 1.82) is 0 Å². The van der Waals surface area contributed by atoms with Gasteiger partial charge in [0.2, 0.25) is 0 Å². The number of methoxy groups -OCH3 is 2. The van der Waals surface area contributed by atoms with Crippen molar-refractivity contribution in [3.8, 4) is 11.5 Å². The van der Waals surface area contributed by atoms with Crippen LogP contribution in [0.4, 0.5) is 0 Å². The zero-order valence-corrected chi connectivity index (χ0v) is 8.24. The lowest BCUT2D eigenvalue weighted by molar-refractivity contribution is 0.112. The van der Waals surface area contributed by atoms with Crippen molar-refractivity contribution < 1.29 is 14.3 Å². The van der Waals surface area contributed by atoms with Crippen LogP contribution < -0.4 is 15.2 Å². The van der Waals surface area contributed by atoms with Crippen molar-refractivity contribution in [3.63, 3.8) is 0 Å². The van der Waals surface area contributed by atoms with E-state index in [2.05, 4.69) is 0 Å². The molecule has 0 radical (unpaired) electrons. The van der Waals surface area contributed by atoms with E-state index < -0.39 is 0 Å². The van der Waals surface area contributed by atoms with Crippen LogP contribution in [-0.2, 0) is 6.54 Å². The third kappa shape index (κ3) is 1.85. The number of aldehydes is 1. The average molecular weight is 195 g/mol. The molecule has 0 amide bonds. The number of ether oxygens (including phenoxy) is 2. The van der Waals surface area contributed by atoms with Gasteiger partial charge >= 0.3 is 0 Å². The second-order valence-electron chi connectivity index (χ2n) is 2.74. The number of nitrogens with two attached hydrogens (primary N) is 1. The maximum atomic E-state index is 10.7. The van der Waals surface area contributed by atoms with Crippen LogP contribution in [0.15, 0.2) is 12.1 Å². The summed E-state index contributed by atoms with van der Waals surface area (Å²) in [7, 11) is 3.01. The first kappa shape index (κ1) is 10.5. The summed E-state index contributed by atoms with van der Waals surface area (Å²) >= 11 is 0. The molecule has 0 saturated heterocycles. The molecule has 0 fully saturated rings. The van der Waals surface area contributed by atoms with E-state index in [1.54, 1.807) is 12.1 Å². The highest BCUT2D eigenvalue weighted by atomic mass is 16.5. The van der Waals surface area contributed by atoms with E-state index >= 15 is 0 Å². The summed E-state index contributed by atoms with van der Waals surface area (Å²) in [6.45, 7) is 0.362. The van der Waals surface area contributed by atoms with E-state index in [1.807, 2.05) is 0 Å². The highest BCUT2D eigenvalue weighted by Crippen LogP contribution is 2.31. The average Bonchev–Trinajstić information content (AvgIpc) is 2.26. The summed E-state index contributed by atoms with van der Waals surface area (Å²) in [6.07, 6.45) is 0.723. The maximum Gasteiger partial charge on any atom is 0.171 e. The molecule has 0 bridgehead atoms. The molecule has 0 aliphatic rings. The second-order valence-corrected chi connectivity index (χ2v) is 2.74. The lowest BCUT2D eigenvalue weighted by atomic mass is 10.1. The minimum absolute atomic E-state index is 0.362. The molecular weight excluding hydrogens is 182 g/mol. The third-order valence-electron chi connectivity index (χ3n) is 1.93. The Kier molecular flexibility index (Phi) is 3.48. The number of hydrogen-bond acceptors (Lipinski definition) is 4. The molecule has 76 valence electrons. The Hall–Kier alpha value is -1.55. The standard InChI is InChI=1S/C10H13NO3/c1-13-9-4-7(5-11)3-8(6-12)10(9)14-2/h3-4,6H,5,11H2,1-2H3. The summed E-state index contributed by atoms with van der Waals surface area (Å²) < 4.78 is 10.1. The van der Waals surface area contributed by atoms with Crippen molar-refractivity contribution in [2.45, 2.75) is 6.54 Å². The summed E-state index contributed by atoms with van der Waals surface area (Å²) in [5, 5.41) is 0. The van der Waals surface area contributed by atoms with Crippen LogP contribution in [-0.4, -0.2) is 20.5 Å². The van der Waals surface area contributed by atoms with Gasteiger partial charge in [-0.05, 0) is 17.7 Å². The molecule has 0 heterocycles. The molecule has 4 nitrogen and oxygen atoms in total. The van der Waals surface area contributed by atoms with Crippen LogP contribution in [0, 0.1) is 0 Å². The normalized spacial score (nSPS) is 9.64. The molecule has 4 heteroatoms. The first-order chi connectivity index (χ1) is 6.76. The fraction of sp³-hybridized carbons (Fsp3) is 0.300. The molecule has 0 saturated carbocycles. The van der Waals surface area contributed by atoms with E-state index in [4.69, 9.17) is 15.2 Å². The Morgan fingerprint density at radius 3 is 2.50 bits per heavy atom. The van der Waals surface area contributed by atoms with Gasteiger partial charge in [-0.2, -0.15) is 0 Å². The fourth-order valence-electron chi connectivity index (χ4n) is 1.26. The van der Waals surface area contributed by atoms with Gasteiger partial charge in [-0.1, -0.05) is 0 Å². The first-order valence-corrected chi connectivity index (χ1v) is 4.17. The summed E-state index contributed by atoms with van der Waals surface area (Å²) in [4.78, 5) is 10.7. The van der Waals surface area contributed by atoms with Crippen LogP contribution in [0.3, 0.4) is 0 Å². The summed E-state index contributed by atoms with van der Waals surface area (Å²) in [5.74, 6) is 0.970. The van der Waals surface area contributed by atoms with Crippen LogP contribution >= 0.6 is 0 Å². The van der Waals surface area contributed by atoms with E-state index in [1.165, 1.54) is 14.2 Å². The summed E-state index contributed by atoms with van der Waals surface area (Å²) in [5.41, 5.74) is 6.77. The van der Waals surface area contributed by atoms with Crippen LogP contribution in [0.25, 0.3) is 0 Å². The van der Waals surface area contributed by atoms with Crippen LogP contribution in [0.2, 0.25) is 0 Å². The van der Waals surface area contributed by atoms with Gasteiger partial charge in [0.15, 0.2) is 17.8 Å². The van der Waals surface area contributed by atoms with Crippen molar-refractivity contribution in [2.75, 3.05) is 14.2 Å². The van der Waals surface area contributed by atoms with E-state index in [0.717, 1.165) is 11.8 Å². The van der Waals surface area contributed by atoms with Gasteiger partial charge in [0.25, 0.3) is 0 Å². The number of benzene rings is 1. The van der Waals surface area contributed by atoms with Crippen molar-refractivity contribution >= 4 is 6.29 Å². The van der Waals surface area contributed by atoms with Gasteiger partial charge in [0, 0.05) is 6.54 Å². The van der Waals surface area contributed by atoms with Gasteiger partial charge < -0.3 is 15.2 Å². The van der Waals surface area contributed by atoms with Crippen molar-refractivity contribution in [2.24, 2.45) is 5.73 Å². The van der Waals surface area contributed by atoms with Gasteiger partial charge in [0.05, 0.1) is 19.8 Å². The Bertz CT molecular complexity index is 336. The first-order valence-electron chi connectivity index (χ1n) is 4.17. The SMILES string of the molecule is COc1cc(CN)cc(C=O)c1OC. The largest absolute Gasteiger partial charge is 0.493 e. The molecule has 0 unspecified atom stereocenters. The molecule has 2 N–H and O–H groups in total. The number of rotatable bonds is 4. The molecule has 0 aromatic heterocycles. The minimum atomic E-state index is 0.362. The smallest absolute Gasteiger partial charge is 0.171 e. The molecule has 1 rings (SSSR count). The lowest BCUT2D eigenvalue weighted by Crippen LogP contribution is -2.01. The molecule has 0 aliphatic carbocycles. The topological polar surface area (TPSA) is 61.5 Å². The zero-order chi connectivity index (χ0) is 10.6. The van der Waals surface area contributed by atoms with E-state index in [-0.39, 0.29) is 0 Å². The predicted molar refractivity (Wildman–Crippen MR) is 52.8 cm³/mol. The molecule has 1 aromatic carbocycles. The quantitative estimate of drug-likeness (QED) is 0.727. The Morgan fingerprint density at radius 1 is 1.36 bits per heavy atom. The number of carbonyl (C=O) groups is 1. The molecular formula is C10H13NO3. The Morgan fingerprint density at radius 2 is 2.07 bits per heavy atom. The third-order valence-corrected chi connectivity index (χ3v) is 1.93. The van der Waals surface area contributed by atoms with Gasteiger partial charge in [-0.25, -0.2) is 0 Å². The summed E-state index contributed by atoms with van der Waals surface area (Å²) in [6, 6.07) is 3.44. The maximum absolute atomic E-state index is 10.7. The van der Waals surface area contributed by atoms with Gasteiger partial charge in [-0.15, -0.1) is 0 Å². The second kappa shape index (κ2) is 4.62. The van der Waals surface area contributed by atoms with Gasteiger partial charge in [-0.3, -0.25) is 4.79 Å². The minimum Gasteiger partial charge on any atom is -0.493 e. The van der Waals surface area contributed by atoms with Crippen LogP contribution in [0.1, 0.15) is 15.9 Å². The molecule has 0 atom stereocenters. The fourth-order valence-corrected chi connectivity index (χ4v) is 1.26. The molecule has 14 heavy (non-hydrogen) atoms. The molecule has 0 aliphatic heterocycles. The zero-order valence-electron chi connectivity index (χ0n) is 8.24. The van der Waals surface area contributed by atoms with E-state index in [0.29, 0.717) is 23.6 Å². The van der Waals surface area contributed by atoms with Crippen molar-refractivity contribution in [1.82, 2.24) is 0 Å². The van der Waals surface area contributed by atoms with E-state index in [9.17, 15) is 4.79 Å². The lowest BCUT2D eigenvalue weighted by Gasteiger charge is -2.11.